The number of phenolic OH excluding ortho intramolecular Hbond substituents is 1. The Morgan fingerprint density at radius 2 is 0.744 bits per heavy atom. The molecule has 9 aliphatic heterocycles. The smallest absolute Gasteiger partial charge is 0.369 e. The monoisotopic (exact) mass is 1930 g/mol. The number of anilines is 6. The van der Waals surface area contributed by atoms with Crippen LogP contribution in [0.5, 0.6) is 51.7 Å². The van der Waals surface area contributed by atoms with Gasteiger partial charge in [-0.1, -0.05) is 117 Å². The maximum absolute atomic E-state index is 13.2. The van der Waals surface area contributed by atoms with Crippen LogP contribution in [0.15, 0.2) is 200 Å². The zero-order valence-electron chi connectivity index (χ0n) is 72.5. The maximum Gasteiger partial charge on any atom is 0.369 e. The minimum Gasteiger partial charge on any atom is -0.504 e. The Bertz CT molecular complexity index is 5000. The van der Waals surface area contributed by atoms with Gasteiger partial charge < -0.3 is 68.3 Å². The number of methoxy groups -OCH3 is 2. The molecule has 0 aliphatic carbocycles. The lowest BCUT2D eigenvalue weighted by Gasteiger charge is -2.46. The molecule has 6 bridgehead atoms. The third kappa shape index (κ3) is 22.5. The van der Waals surface area contributed by atoms with Crippen molar-refractivity contribution in [3.8, 4) is 51.7 Å². The standard InChI is InChI=1S/C33H39N3O3.C32H37N3O3.C25H31N3O3.C8H8O.CH2Cl2.CH4.BBr3/c1-4-34(5-2)33(37)24-14-17-28-31(20-24)39-32-29(12-9-13-30(32)38-3)36(28)27-21-25-15-16-26(22-27)35(25)19-18-23-10-7-6-8-11-23;1-3-33(4-2)32(37)23-13-16-27-30(19-23)38-31-28(11-8-12-29(31)36)35(27)26-20-24-14-15-25(21-26)34(24)18-17-22-9-6-5-7-10-22;1-4-27(5-2)25(29)16-9-12-20-23(13-16)31-24-21(7-6-8-22(24)30-3)28(20)19-14-17-10-11-18(15-19)26-17;9-7-6-8-4-2-1-3-5-8;2-1-3;;2-1(3)4/h6-14,17,20,25-27H,4-5,15-16,18-19,21-22H2,1-3H3;5-13,16,19,24-26,36H,3-4,14-15,17-18,20-21H2,1-2H3;6-9,12-13,17-19,26H,4-5,10-11,14-15H2,1-3H3;1-5,7H,6H2;1H2;1H4;. The fourth-order valence-corrected chi connectivity index (χ4v) is 19.9. The van der Waals surface area contributed by atoms with E-state index in [2.05, 4.69) is 162 Å². The molecule has 6 unspecified atom stereocenters. The second-order valence-corrected chi connectivity index (χ2v) is 39.8. The van der Waals surface area contributed by atoms with E-state index in [4.69, 9.17) is 46.9 Å². The Labute approximate surface area is 775 Å². The Balaban J connectivity index is 0.000000157. The molecule has 0 radical (unpaired) electrons. The number of fused-ring (bicyclic) bond motifs is 12. The van der Waals surface area contributed by atoms with E-state index in [-0.39, 0.29) is 39.4 Å². The van der Waals surface area contributed by atoms with E-state index in [9.17, 15) is 24.3 Å². The van der Waals surface area contributed by atoms with Gasteiger partial charge in [-0.25, -0.2) is 0 Å². The van der Waals surface area contributed by atoms with Crippen LogP contribution in [0.25, 0.3) is 0 Å². The average Bonchev–Trinajstić information content (AvgIpc) is 0.902. The van der Waals surface area contributed by atoms with Crippen molar-refractivity contribution < 1.29 is 48.0 Å². The van der Waals surface area contributed by atoms with Gasteiger partial charge in [0.05, 0.1) is 53.7 Å². The van der Waals surface area contributed by atoms with Crippen molar-refractivity contribution >= 4 is 132 Å². The first kappa shape index (κ1) is 95.3. The van der Waals surface area contributed by atoms with Crippen LogP contribution < -0.4 is 43.7 Å². The molecule has 9 aromatic rings. The molecule has 6 fully saturated rings. The summed E-state index contributed by atoms with van der Waals surface area (Å²) >= 11 is 18.8. The van der Waals surface area contributed by atoms with Gasteiger partial charge >= 0.3 is 3.18 Å². The number of para-hydroxylation sites is 3. The molecule has 18 rings (SSSR count). The summed E-state index contributed by atoms with van der Waals surface area (Å²) in [6, 6.07) is 71.2. The number of carbonyl (C=O) groups is 4. The fourth-order valence-electron chi connectivity index (χ4n) is 19.9. The van der Waals surface area contributed by atoms with Crippen molar-refractivity contribution in [1.82, 2.24) is 29.8 Å². The van der Waals surface area contributed by atoms with Crippen molar-refractivity contribution in [2.45, 2.75) is 200 Å². The van der Waals surface area contributed by atoms with Crippen LogP contribution in [-0.2, 0) is 24.1 Å². The summed E-state index contributed by atoms with van der Waals surface area (Å²) in [7, 11) is 3.36. The van der Waals surface area contributed by atoms with E-state index >= 15 is 0 Å². The molecule has 9 aromatic carbocycles. The summed E-state index contributed by atoms with van der Waals surface area (Å²) < 4.78 is 30.8. The number of alkyl halides is 2. The molecule has 0 spiro atoms. The first-order chi connectivity index (χ1) is 60.4. The molecule has 0 aromatic heterocycles. The minimum absolute atomic E-state index is 0. The summed E-state index contributed by atoms with van der Waals surface area (Å²) in [6.45, 7) is 18.3. The Hall–Kier alpha value is -8.78. The summed E-state index contributed by atoms with van der Waals surface area (Å²) in [5.41, 5.74) is 11.9. The molecular formula is C100H121BBr3Cl2N9O10. The topological polar surface area (TPSA) is 173 Å². The number of nitrogens with one attached hydrogen (secondary N) is 1. The number of rotatable bonds is 22. The molecule has 0 saturated carbocycles. The van der Waals surface area contributed by atoms with Crippen LogP contribution in [0.3, 0.4) is 0 Å². The van der Waals surface area contributed by atoms with Crippen LogP contribution in [0.1, 0.15) is 174 Å². The summed E-state index contributed by atoms with van der Waals surface area (Å²) in [5, 5.41) is 14.7. The van der Waals surface area contributed by atoms with E-state index in [1.165, 1.54) is 49.7 Å². The second kappa shape index (κ2) is 45.8. The number of carbonyl (C=O) groups excluding carboxylic acids is 4. The Kier molecular flexibility index (Phi) is 34.9. The number of amides is 3. The predicted octanol–water partition coefficient (Wildman–Crippen LogP) is 23.4. The first-order valence-corrected chi connectivity index (χ1v) is 47.9. The third-order valence-corrected chi connectivity index (χ3v) is 25.7. The van der Waals surface area contributed by atoms with Gasteiger partial charge in [0.2, 0.25) is 0 Å². The van der Waals surface area contributed by atoms with Crippen LogP contribution in [0, 0.1) is 0 Å². The van der Waals surface area contributed by atoms with Crippen molar-refractivity contribution in [2.24, 2.45) is 0 Å². The number of hydrogen-bond acceptors (Lipinski definition) is 16. The number of hydrogen-bond donors (Lipinski definition) is 2. The quantitative estimate of drug-likeness (QED) is 0.0372. The van der Waals surface area contributed by atoms with Crippen molar-refractivity contribution in [1.29, 1.82) is 0 Å². The molecule has 9 heterocycles. The highest BCUT2D eigenvalue weighted by atomic mass is 79.9. The minimum atomic E-state index is 0. The lowest BCUT2D eigenvalue weighted by Crippen LogP contribution is -2.50. The first-order valence-electron chi connectivity index (χ1n) is 44.1. The van der Waals surface area contributed by atoms with Crippen LogP contribution in [0.2, 0.25) is 0 Å². The van der Waals surface area contributed by atoms with Gasteiger partial charge in [-0.05, 0) is 239 Å². The zero-order valence-corrected chi connectivity index (χ0v) is 78.7. The van der Waals surface area contributed by atoms with Crippen molar-refractivity contribution in [3.05, 3.63) is 234 Å². The highest BCUT2D eigenvalue weighted by Gasteiger charge is 2.48. The van der Waals surface area contributed by atoms with E-state index in [1.54, 1.807) is 20.3 Å². The SMILES string of the molecule is BrB(Br)Br.C.CCN(CC)C(=O)c1ccc2c(c1)Oc1c(O)cccc1N2C1CC2CCC(C1)N2CCc1ccccc1.CCN(CC)C(=O)c1ccc2c(c1)Oc1c(OC)cccc1N2C1CC2CCC(C1)N2.CCN(CC)C(=O)c1ccc2c(c1)Oc1c(OC)cccc1N2C1CC2CCC(C1)N2CCc1ccccc1.ClCCl.O=CCc1ccccc1. The number of piperidine rings is 3. The van der Waals surface area contributed by atoms with Gasteiger partial charge in [0.15, 0.2) is 51.7 Å². The highest BCUT2D eigenvalue weighted by Crippen LogP contribution is 2.58. The van der Waals surface area contributed by atoms with Gasteiger partial charge in [0.1, 0.15) is 6.29 Å². The summed E-state index contributed by atoms with van der Waals surface area (Å²) in [5.74, 6) is 5.66. The van der Waals surface area contributed by atoms with Gasteiger partial charge in [-0.15, -0.1) is 70.5 Å². The van der Waals surface area contributed by atoms with Gasteiger partial charge in [0, 0.05) is 130 Å². The van der Waals surface area contributed by atoms with E-state index in [0.717, 1.165) is 133 Å². The van der Waals surface area contributed by atoms with Crippen LogP contribution in [0.4, 0.5) is 34.1 Å². The molecule has 6 saturated heterocycles. The fraction of sp³-hybridized carbons (Fsp3) is 0.420. The largest absolute Gasteiger partial charge is 0.504 e. The van der Waals surface area contributed by atoms with Crippen LogP contribution >= 0.6 is 70.5 Å². The molecule has 6 atom stereocenters. The Morgan fingerprint density at radius 3 is 1.07 bits per heavy atom. The molecule has 125 heavy (non-hydrogen) atoms. The average molecular weight is 1930 g/mol. The molecule has 664 valence electrons. The third-order valence-electron chi connectivity index (χ3n) is 25.7. The van der Waals surface area contributed by atoms with Gasteiger partial charge in [-0.2, -0.15) is 0 Å². The highest BCUT2D eigenvalue weighted by molar-refractivity contribution is 9.69. The Morgan fingerprint density at radius 1 is 0.432 bits per heavy atom. The van der Waals surface area contributed by atoms with E-state index < -0.39 is 0 Å². The number of benzene rings is 9. The lowest BCUT2D eigenvalue weighted by molar-refractivity contribution is -0.107. The zero-order chi connectivity index (χ0) is 87.5. The predicted molar refractivity (Wildman–Crippen MR) is 520 cm³/mol. The van der Waals surface area contributed by atoms with Gasteiger partial charge in [0.25, 0.3) is 17.7 Å². The molecule has 25 heteroatoms. The number of ether oxygens (including phenoxy) is 5. The molecule has 9 aliphatic rings. The van der Waals surface area contributed by atoms with E-state index in [0.29, 0.717) is 140 Å². The summed E-state index contributed by atoms with van der Waals surface area (Å²) in [4.78, 5) is 67.5. The lowest BCUT2D eigenvalue weighted by atomic mass is 9.93. The van der Waals surface area contributed by atoms with Gasteiger partial charge in [-0.3, -0.25) is 24.2 Å². The van der Waals surface area contributed by atoms with Crippen molar-refractivity contribution in [2.75, 3.05) is 86.6 Å². The number of halogens is 5. The molecule has 2 N–H and O–H groups in total. The van der Waals surface area contributed by atoms with Crippen LogP contribution in [-0.4, -0.2) is 183 Å². The number of aldehydes is 1. The van der Waals surface area contributed by atoms with E-state index in [1.807, 2.05) is 165 Å². The normalized spacial score (nSPS) is 20.3. The number of phenols is 1. The second-order valence-electron chi connectivity index (χ2n) is 32.6. The summed E-state index contributed by atoms with van der Waals surface area (Å²) in [6.07, 6.45) is 17.7. The number of aromatic hydroxyl groups is 1. The molecule has 3 amide bonds. The maximum atomic E-state index is 13.2. The molecular weight excluding hydrogens is 1810 g/mol. The van der Waals surface area contributed by atoms with Crippen molar-refractivity contribution in [3.63, 3.8) is 0 Å². The molecule has 19 nitrogen and oxygen atoms in total. The number of nitrogens with zero attached hydrogens (tertiary/aromatic N) is 8.